The third-order valence-corrected chi connectivity index (χ3v) is 5.67. The first-order chi connectivity index (χ1) is 16.6. The summed E-state index contributed by atoms with van der Waals surface area (Å²) in [5.74, 6) is -2.39. The fraction of sp³-hybridized carbons (Fsp3) is 0.125. The van der Waals surface area contributed by atoms with Gasteiger partial charge in [0.2, 0.25) is 0 Å². The van der Waals surface area contributed by atoms with Gasteiger partial charge in [0.25, 0.3) is 11.7 Å². The van der Waals surface area contributed by atoms with E-state index in [-0.39, 0.29) is 34.0 Å². The molecule has 0 aliphatic heterocycles. The Morgan fingerprint density at radius 3 is 2.40 bits per heavy atom. The van der Waals surface area contributed by atoms with Crippen molar-refractivity contribution in [2.45, 2.75) is 12.7 Å². The standard InChI is InChI=1S/C24H16Cl2F3N3O3/c1-35-16-6-7-18-17(11-16)20(21(33)23(34)31-15-8-9-30-19(26)10-15)22(24(27,28)29)32(18)12-13-2-4-14(25)5-3-13/h2-11H,12H2,1H3,(H,30,31,34). The molecular weight excluding hydrogens is 506 g/mol. The first kappa shape index (κ1) is 24.6. The Morgan fingerprint density at radius 1 is 1.06 bits per heavy atom. The van der Waals surface area contributed by atoms with Gasteiger partial charge in [-0.05, 0) is 48.0 Å². The fourth-order valence-corrected chi connectivity index (χ4v) is 4.00. The van der Waals surface area contributed by atoms with Gasteiger partial charge in [0.1, 0.15) is 16.6 Å². The number of Topliss-reactive ketones (excluding diaryl/α,β-unsaturated/α-hetero) is 1. The molecule has 2 aromatic carbocycles. The molecule has 180 valence electrons. The summed E-state index contributed by atoms with van der Waals surface area (Å²) in [6.45, 7) is -0.219. The number of pyridine rings is 1. The number of anilines is 1. The number of halogens is 5. The van der Waals surface area contributed by atoms with Crippen LogP contribution in [0.5, 0.6) is 5.75 Å². The molecule has 6 nitrogen and oxygen atoms in total. The van der Waals surface area contributed by atoms with Crippen molar-refractivity contribution in [3.63, 3.8) is 0 Å². The molecule has 0 radical (unpaired) electrons. The minimum absolute atomic E-state index is 0.0375. The first-order valence-corrected chi connectivity index (χ1v) is 10.8. The number of ketones is 1. The maximum atomic E-state index is 14.4. The number of hydrogen-bond acceptors (Lipinski definition) is 4. The van der Waals surface area contributed by atoms with Gasteiger partial charge in [-0.3, -0.25) is 9.59 Å². The highest BCUT2D eigenvalue weighted by molar-refractivity contribution is 6.48. The van der Waals surface area contributed by atoms with Gasteiger partial charge >= 0.3 is 6.18 Å². The molecular formula is C24H16Cl2F3N3O3. The molecule has 0 fully saturated rings. The van der Waals surface area contributed by atoms with Crippen molar-refractivity contribution in [1.29, 1.82) is 0 Å². The number of carbonyl (C=O) groups is 2. The second-order valence-corrected chi connectivity index (χ2v) is 8.29. The van der Waals surface area contributed by atoms with Gasteiger partial charge in [-0.15, -0.1) is 0 Å². The van der Waals surface area contributed by atoms with E-state index < -0.39 is 29.1 Å². The Labute approximate surface area is 207 Å². The zero-order valence-electron chi connectivity index (χ0n) is 18.0. The predicted octanol–water partition coefficient (Wildman–Crippen LogP) is 6.24. The molecule has 0 bridgehead atoms. The predicted molar refractivity (Wildman–Crippen MR) is 126 cm³/mol. The van der Waals surface area contributed by atoms with Crippen LogP contribution < -0.4 is 10.1 Å². The van der Waals surface area contributed by atoms with E-state index in [1.807, 2.05) is 0 Å². The van der Waals surface area contributed by atoms with Crippen molar-refractivity contribution in [3.8, 4) is 5.75 Å². The van der Waals surface area contributed by atoms with E-state index in [1.165, 1.54) is 43.6 Å². The van der Waals surface area contributed by atoms with Gasteiger partial charge in [0, 0.05) is 34.4 Å². The van der Waals surface area contributed by atoms with Crippen LogP contribution in [0.4, 0.5) is 18.9 Å². The van der Waals surface area contributed by atoms with Crippen LogP contribution in [0.2, 0.25) is 10.2 Å². The summed E-state index contributed by atoms with van der Waals surface area (Å²) in [6, 6.07) is 13.1. The lowest BCUT2D eigenvalue weighted by Gasteiger charge is -2.15. The molecule has 1 amide bonds. The van der Waals surface area contributed by atoms with E-state index in [2.05, 4.69) is 10.3 Å². The largest absolute Gasteiger partial charge is 0.497 e. The summed E-state index contributed by atoms with van der Waals surface area (Å²) >= 11 is 11.7. The normalized spacial score (nSPS) is 11.5. The monoisotopic (exact) mass is 521 g/mol. The lowest BCUT2D eigenvalue weighted by Crippen LogP contribution is -2.26. The van der Waals surface area contributed by atoms with E-state index in [0.29, 0.717) is 10.6 Å². The SMILES string of the molecule is COc1ccc2c(c1)c(C(=O)C(=O)Nc1ccnc(Cl)c1)c(C(F)(F)F)n2Cc1ccc(Cl)cc1. The summed E-state index contributed by atoms with van der Waals surface area (Å²) < 4.78 is 49.4. The van der Waals surface area contributed by atoms with Crippen LogP contribution in [-0.2, 0) is 17.5 Å². The molecule has 2 heterocycles. The molecule has 0 aliphatic rings. The molecule has 4 aromatic rings. The Bertz CT molecular complexity index is 1430. The quantitative estimate of drug-likeness (QED) is 0.185. The topological polar surface area (TPSA) is 73.2 Å². The lowest BCUT2D eigenvalue weighted by molar-refractivity contribution is -0.143. The van der Waals surface area contributed by atoms with Crippen LogP contribution >= 0.6 is 23.2 Å². The van der Waals surface area contributed by atoms with Crippen molar-refractivity contribution in [2.24, 2.45) is 0 Å². The molecule has 0 atom stereocenters. The van der Waals surface area contributed by atoms with Crippen molar-refractivity contribution < 1.29 is 27.5 Å². The number of carbonyl (C=O) groups excluding carboxylic acids is 2. The van der Waals surface area contributed by atoms with Crippen LogP contribution in [0.15, 0.2) is 60.8 Å². The maximum Gasteiger partial charge on any atom is 0.432 e. The number of alkyl halides is 3. The number of nitrogens with zero attached hydrogens (tertiary/aromatic N) is 2. The highest BCUT2D eigenvalue weighted by Gasteiger charge is 2.42. The Kier molecular flexibility index (Phi) is 6.73. The van der Waals surface area contributed by atoms with Gasteiger partial charge in [-0.25, -0.2) is 4.98 Å². The van der Waals surface area contributed by atoms with Crippen molar-refractivity contribution in [3.05, 3.63) is 87.8 Å². The van der Waals surface area contributed by atoms with E-state index in [4.69, 9.17) is 27.9 Å². The summed E-state index contributed by atoms with van der Waals surface area (Å²) in [5.41, 5.74) is -1.29. The lowest BCUT2D eigenvalue weighted by atomic mass is 10.0. The molecule has 0 unspecified atom stereocenters. The number of fused-ring (bicyclic) bond motifs is 1. The minimum Gasteiger partial charge on any atom is -0.497 e. The van der Waals surface area contributed by atoms with Crippen molar-refractivity contribution in [1.82, 2.24) is 9.55 Å². The molecule has 4 rings (SSSR count). The van der Waals surface area contributed by atoms with Crippen LogP contribution in [0.3, 0.4) is 0 Å². The highest BCUT2D eigenvalue weighted by atomic mass is 35.5. The summed E-state index contributed by atoms with van der Waals surface area (Å²) in [5, 5.41) is 2.68. The molecule has 0 saturated heterocycles. The maximum absolute atomic E-state index is 14.4. The fourth-order valence-electron chi connectivity index (χ4n) is 3.70. The number of amides is 1. The van der Waals surface area contributed by atoms with Crippen molar-refractivity contribution in [2.75, 3.05) is 12.4 Å². The highest BCUT2D eigenvalue weighted by Crippen LogP contribution is 2.40. The second-order valence-electron chi connectivity index (χ2n) is 7.47. The Morgan fingerprint density at radius 2 is 1.77 bits per heavy atom. The zero-order valence-corrected chi connectivity index (χ0v) is 19.5. The Hall–Kier alpha value is -3.56. The molecule has 0 spiro atoms. The zero-order chi connectivity index (χ0) is 25.3. The van der Waals surface area contributed by atoms with Crippen LogP contribution in [0.1, 0.15) is 21.6 Å². The number of hydrogen-bond donors (Lipinski definition) is 1. The van der Waals surface area contributed by atoms with Crippen LogP contribution in [0, 0.1) is 0 Å². The van der Waals surface area contributed by atoms with Gasteiger partial charge < -0.3 is 14.6 Å². The van der Waals surface area contributed by atoms with Crippen molar-refractivity contribution >= 4 is 51.5 Å². The molecule has 35 heavy (non-hydrogen) atoms. The van der Waals surface area contributed by atoms with Gasteiger partial charge in [-0.1, -0.05) is 35.3 Å². The number of nitrogens with one attached hydrogen (secondary N) is 1. The summed E-state index contributed by atoms with van der Waals surface area (Å²) in [4.78, 5) is 29.7. The third-order valence-electron chi connectivity index (χ3n) is 5.21. The second kappa shape index (κ2) is 9.59. The number of methoxy groups -OCH3 is 1. The molecule has 2 aromatic heterocycles. The number of benzene rings is 2. The third kappa shape index (κ3) is 5.11. The summed E-state index contributed by atoms with van der Waals surface area (Å²) in [7, 11) is 1.35. The van der Waals surface area contributed by atoms with Gasteiger partial charge in [-0.2, -0.15) is 13.2 Å². The molecule has 1 N–H and O–H groups in total. The summed E-state index contributed by atoms with van der Waals surface area (Å²) in [6.07, 6.45) is -3.67. The van der Waals surface area contributed by atoms with Gasteiger partial charge in [0.15, 0.2) is 0 Å². The molecule has 0 aliphatic carbocycles. The van der Waals surface area contributed by atoms with E-state index in [0.717, 1.165) is 4.57 Å². The van der Waals surface area contributed by atoms with E-state index >= 15 is 0 Å². The number of ether oxygens (including phenoxy) is 1. The van der Waals surface area contributed by atoms with E-state index in [9.17, 15) is 22.8 Å². The van der Waals surface area contributed by atoms with Crippen LogP contribution in [0.25, 0.3) is 10.9 Å². The smallest absolute Gasteiger partial charge is 0.432 e. The first-order valence-electron chi connectivity index (χ1n) is 10.1. The molecule has 0 saturated carbocycles. The van der Waals surface area contributed by atoms with Crippen LogP contribution in [-0.4, -0.2) is 28.4 Å². The van der Waals surface area contributed by atoms with Gasteiger partial charge in [0.05, 0.1) is 12.7 Å². The molecule has 11 heteroatoms. The average molecular weight is 522 g/mol. The van der Waals surface area contributed by atoms with E-state index in [1.54, 1.807) is 24.3 Å². The number of aromatic nitrogens is 2. The minimum atomic E-state index is -4.95. The number of rotatable bonds is 6. The Balaban J connectivity index is 1.89. The average Bonchev–Trinajstić information content (AvgIpc) is 3.13.